The maximum absolute atomic E-state index is 12.6. The first-order valence-electron chi connectivity index (χ1n) is 8.15. The first-order chi connectivity index (χ1) is 12.5. The molecule has 3 heterocycles. The highest BCUT2D eigenvalue weighted by Gasteiger charge is 2.19. The van der Waals surface area contributed by atoms with E-state index in [0.717, 1.165) is 37.6 Å². The van der Waals surface area contributed by atoms with Crippen LogP contribution in [0.25, 0.3) is 16.2 Å². The first kappa shape index (κ1) is 16.9. The van der Waals surface area contributed by atoms with Gasteiger partial charge < -0.3 is 5.32 Å². The number of aromatic nitrogens is 4. The summed E-state index contributed by atoms with van der Waals surface area (Å²) < 4.78 is 1.83. The van der Waals surface area contributed by atoms with Crippen molar-refractivity contribution in [2.45, 2.75) is 27.3 Å². The molecular formula is C18H17N5OS2. The molecule has 26 heavy (non-hydrogen) atoms. The molecule has 0 radical (unpaired) electrons. The molecule has 4 aromatic rings. The lowest BCUT2D eigenvalue weighted by atomic mass is 10.1. The molecule has 0 unspecified atom stereocenters. The van der Waals surface area contributed by atoms with E-state index in [1.165, 1.54) is 22.7 Å². The van der Waals surface area contributed by atoms with Crippen LogP contribution in [0, 0.1) is 20.8 Å². The van der Waals surface area contributed by atoms with Crippen LogP contribution in [0.15, 0.2) is 30.3 Å². The van der Waals surface area contributed by atoms with E-state index in [9.17, 15) is 4.79 Å². The lowest BCUT2D eigenvalue weighted by Gasteiger charge is -2.06. The highest BCUT2D eigenvalue weighted by molar-refractivity contribution is 7.16. The molecule has 3 aromatic heterocycles. The molecule has 0 aliphatic carbocycles. The zero-order chi connectivity index (χ0) is 18.3. The molecule has 1 amide bonds. The summed E-state index contributed by atoms with van der Waals surface area (Å²) in [5.74, 6) is -0.117. The molecule has 132 valence electrons. The number of thiazole rings is 1. The van der Waals surface area contributed by atoms with Crippen LogP contribution in [0.1, 0.15) is 31.1 Å². The number of nitrogens with zero attached hydrogens (tertiary/aromatic N) is 4. The van der Waals surface area contributed by atoms with Gasteiger partial charge in [0.1, 0.15) is 9.88 Å². The summed E-state index contributed by atoms with van der Waals surface area (Å²) in [5.41, 5.74) is 3.50. The number of hydrogen-bond donors (Lipinski definition) is 1. The lowest BCUT2D eigenvalue weighted by Crippen LogP contribution is -2.23. The Hall–Kier alpha value is -2.58. The van der Waals surface area contributed by atoms with Crippen molar-refractivity contribution >= 4 is 33.5 Å². The Kier molecular flexibility index (Phi) is 4.29. The summed E-state index contributed by atoms with van der Waals surface area (Å²) in [6.45, 7) is 6.06. The van der Waals surface area contributed by atoms with E-state index in [-0.39, 0.29) is 5.91 Å². The molecule has 0 bridgehead atoms. The first-order valence-corrected chi connectivity index (χ1v) is 9.79. The minimum absolute atomic E-state index is 0.117. The molecule has 1 aromatic carbocycles. The van der Waals surface area contributed by atoms with E-state index in [1.807, 2.05) is 55.6 Å². The zero-order valence-electron chi connectivity index (χ0n) is 14.6. The van der Waals surface area contributed by atoms with Gasteiger partial charge in [0.05, 0.1) is 28.6 Å². The van der Waals surface area contributed by atoms with Crippen LogP contribution < -0.4 is 5.32 Å². The average Bonchev–Trinajstić information content (AvgIpc) is 3.25. The monoisotopic (exact) mass is 383 g/mol. The van der Waals surface area contributed by atoms with Gasteiger partial charge in [-0.25, -0.2) is 14.5 Å². The smallest absolute Gasteiger partial charge is 0.263 e. The van der Waals surface area contributed by atoms with E-state index < -0.39 is 0 Å². The number of carbonyl (C=O) groups excluding carboxylic acids is 1. The summed E-state index contributed by atoms with van der Waals surface area (Å²) >= 11 is 2.95. The van der Waals surface area contributed by atoms with Gasteiger partial charge in [-0.05, 0) is 20.8 Å². The molecular weight excluding hydrogens is 366 g/mol. The van der Waals surface area contributed by atoms with Gasteiger partial charge in [-0.3, -0.25) is 4.79 Å². The normalized spacial score (nSPS) is 11.2. The highest BCUT2D eigenvalue weighted by Crippen LogP contribution is 2.27. The summed E-state index contributed by atoms with van der Waals surface area (Å²) in [7, 11) is 0. The van der Waals surface area contributed by atoms with Gasteiger partial charge in [-0.15, -0.1) is 11.3 Å². The third kappa shape index (κ3) is 3.02. The van der Waals surface area contributed by atoms with Crippen LogP contribution in [-0.2, 0) is 6.54 Å². The third-order valence-corrected chi connectivity index (χ3v) is 5.87. The van der Waals surface area contributed by atoms with Crippen molar-refractivity contribution in [3.8, 4) is 11.3 Å². The second-order valence-corrected chi connectivity index (χ2v) is 8.28. The fraction of sp³-hybridized carbons (Fsp3) is 0.222. The highest BCUT2D eigenvalue weighted by atomic mass is 32.1. The molecule has 0 saturated carbocycles. The second-order valence-electron chi connectivity index (χ2n) is 5.92. The predicted molar refractivity (Wildman–Crippen MR) is 104 cm³/mol. The van der Waals surface area contributed by atoms with E-state index in [1.54, 1.807) is 0 Å². The van der Waals surface area contributed by atoms with E-state index in [0.29, 0.717) is 11.4 Å². The van der Waals surface area contributed by atoms with E-state index in [2.05, 4.69) is 15.4 Å². The predicted octanol–water partition coefficient (Wildman–Crippen LogP) is 3.77. The Labute approximate surface area is 158 Å². The molecule has 0 saturated heterocycles. The molecule has 0 aliphatic heterocycles. The van der Waals surface area contributed by atoms with Crippen LogP contribution in [0.3, 0.4) is 0 Å². The number of aryl methyl sites for hydroxylation is 3. The number of benzene rings is 1. The Morgan fingerprint density at radius 2 is 1.85 bits per heavy atom. The number of carbonyl (C=O) groups is 1. The van der Waals surface area contributed by atoms with Gasteiger partial charge in [0.15, 0.2) is 0 Å². The summed E-state index contributed by atoms with van der Waals surface area (Å²) in [6, 6.07) is 9.96. The van der Waals surface area contributed by atoms with Crippen molar-refractivity contribution in [1.82, 2.24) is 24.9 Å². The molecule has 6 nitrogen and oxygen atoms in total. The number of imidazole rings is 1. The van der Waals surface area contributed by atoms with Gasteiger partial charge in [0.25, 0.3) is 5.91 Å². The average molecular weight is 384 g/mol. The summed E-state index contributed by atoms with van der Waals surface area (Å²) in [4.78, 5) is 23.1. The topological polar surface area (TPSA) is 72.2 Å². The quantitative estimate of drug-likeness (QED) is 0.582. The fourth-order valence-corrected chi connectivity index (χ4v) is 4.46. The fourth-order valence-electron chi connectivity index (χ4n) is 2.86. The largest absolute Gasteiger partial charge is 0.346 e. The number of fused-ring (bicyclic) bond motifs is 1. The molecule has 0 fully saturated rings. The van der Waals surface area contributed by atoms with Gasteiger partial charge in [0, 0.05) is 5.56 Å². The molecule has 0 atom stereocenters. The number of amides is 1. The molecule has 0 spiro atoms. The lowest BCUT2D eigenvalue weighted by molar-refractivity contribution is 0.0953. The minimum Gasteiger partial charge on any atom is -0.346 e. The van der Waals surface area contributed by atoms with Crippen LogP contribution in [0.4, 0.5) is 0 Å². The molecule has 1 N–H and O–H groups in total. The Balaban J connectivity index is 1.68. The van der Waals surface area contributed by atoms with Gasteiger partial charge >= 0.3 is 0 Å². The van der Waals surface area contributed by atoms with Crippen molar-refractivity contribution < 1.29 is 4.79 Å². The van der Waals surface area contributed by atoms with E-state index >= 15 is 0 Å². The standard InChI is InChI=1S/C18H17N5OS2/c1-10-16(25-11(2)20-10)17(24)19-9-14-15(13-7-5-4-6-8-13)21-18-23(14)22-12(3)26-18/h4-8H,9H2,1-3H3,(H,19,24). The van der Waals surface area contributed by atoms with Crippen molar-refractivity contribution in [2.24, 2.45) is 0 Å². The van der Waals surface area contributed by atoms with Gasteiger partial charge in [-0.2, -0.15) is 5.10 Å². The number of hydrogen-bond acceptors (Lipinski definition) is 6. The van der Waals surface area contributed by atoms with Crippen molar-refractivity contribution in [1.29, 1.82) is 0 Å². The number of nitrogens with one attached hydrogen (secondary N) is 1. The minimum atomic E-state index is -0.117. The Bertz CT molecular complexity index is 1090. The molecule has 8 heteroatoms. The maximum Gasteiger partial charge on any atom is 0.263 e. The van der Waals surface area contributed by atoms with Gasteiger partial charge in [0.2, 0.25) is 4.96 Å². The summed E-state index contributed by atoms with van der Waals surface area (Å²) in [6.07, 6.45) is 0. The van der Waals surface area contributed by atoms with E-state index in [4.69, 9.17) is 4.98 Å². The Morgan fingerprint density at radius 3 is 2.54 bits per heavy atom. The van der Waals surface area contributed by atoms with Crippen LogP contribution in [0.2, 0.25) is 0 Å². The second kappa shape index (κ2) is 6.62. The molecule has 4 rings (SSSR count). The van der Waals surface area contributed by atoms with Crippen molar-refractivity contribution in [3.63, 3.8) is 0 Å². The van der Waals surface area contributed by atoms with Crippen molar-refractivity contribution in [2.75, 3.05) is 0 Å². The Morgan fingerprint density at radius 1 is 1.08 bits per heavy atom. The molecule has 0 aliphatic rings. The van der Waals surface area contributed by atoms with Crippen LogP contribution in [0.5, 0.6) is 0 Å². The zero-order valence-corrected chi connectivity index (χ0v) is 16.2. The van der Waals surface area contributed by atoms with Crippen molar-refractivity contribution in [3.05, 3.63) is 56.6 Å². The van der Waals surface area contributed by atoms with Gasteiger partial charge in [-0.1, -0.05) is 41.7 Å². The van der Waals surface area contributed by atoms with Crippen LogP contribution >= 0.6 is 22.7 Å². The SMILES string of the molecule is Cc1nc(C)c(C(=O)NCc2c(-c3ccccc3)nc3sc(C)nn23)s1. The third-order valence-electron chi connectivity index (χ3n) is 3.97. The summed E-state index contributed by atoms with van der Waals surface area (Å²) in [5, 5.41) is 9.37. The van der Waals surface area contributed by atoms with Crippen LogP contribution in [-0.4, -0.2) is 25.5 Å². The maximum atomic E-state index is 12.6. The number of rotatable bonds is 4.